The first kappa shape index (κ1) is 21.6. The van der Waals surface area contributed by atoms with E-state index in [1.54, 1.807) is 43.4 Å². The lowest BCUT2D eigenvalue weighted by Crippen LogP contribution is -2.40. The van der Waals surface area contributed by atoms with Crippen LogP contribution in [0.3, 0.4) is 0 Å². The molecule has 0 aromatic heterocycles. The lowest BCUT2D eigenvalue weighted by molar-refractivity contribution is -0.132. The number of piperidine rings is 1. The molecular formula is C23H28N2O5. The SMILES string of the molecule is COc1ccc(CC(=O)Nc2ccc(CC(=O)N3CCC(O)CC3)cc2)cc1OC. The maximum Gasteiger partial charge on any atom is 0.228 e. The van der Waals surface area contributed by atoms with E-state index in [0.29, 0.717) is 49.5 Å². The molecular weight excluding hydrogens is 384 g/mol. The smallest absolute Gasteiger partial charge is 0.228 e. The van der Waals surface area contributed by atoms with E-state index in [2.05, 4.69) is 5.32 Å². The van der Waals surface area contributed by atoms with Crippen molar-refractivity contribution in [3.05, 3.63) is 53.6 Å². The number of amides is 2. The first-order valence-corrected chi connectivity index (χ1v) is 10.0. The first-order chi connectivity index (χ1) is 14.5. The van der Waals surface area contributed by atoms with Gasteiger partial charge in [-0.05, 0) is 48.2 Å². The van der Waals surface area contributed by atoms with E-state index in [-0.39, 0.29) is 24.3 Å². The second-order valence-corrected chi connectivity index (χ2v) is 7.40. The van der Waals surface area contributed by atoms with Gasteiger partial charge in [-0.15, -0.1) is 0 Å². The van der Waals surface area contributed by atoms with Crippen LogP contribution in [0.2, 0.25) is 0 Å². The lowest BCUT2D eigenvalue weighted by Gasteiger charge is -2.29. The van der Waals surface area contributed by atoms with Crippen LogP contribution >= 0.6 is 0 Å². The molecule has 0 aliphatic carbocycles. The number of nitrogens with one attached hydrogen (secondary N) is 1. The van der Waals surface area contributed by atoms with Gasteiger partial charge in [0.15, 0.2) is 11.5 Å². The molecule has 1 saturated heterocycles. The average Bonchev–Trinajstić information content (AvgIpc) is 2.75. The van der Waals surface area contributed by atoms with E-state index < -0.39 is 0 Å². The molecule has 0 unspecified atom stereocenters. The fourth-order valence-electron chi connectivity index (χ4n) is 3.49. The summed E-state index contributed by atoms with van der Waals surface area (Å²) in [6.07, 6.45) is 1.50. The topological polar surface area (TPSA) is 88.1 Å². The van der Waals surface area contributed by atoms with Gasteiger partial charge in [-0.1, -0.05) is 18.2 Å². The van der Waals surface area contributed by atoms with E-state index in [1.165, 1.54) is 0 Å². The number of carbonyl (C=O) groups is 2. The highest BCUT2D eigenvalue weighted by atomic mass is 16.5. The summed E-state index contributed by atoms with van der Waals surface area (Å²) in [6, 6.07) is 12.7. The molecule has 0 atom stereocenters. The van der Waals surface area contributed by atoms with Crippen molar-refractivity contribution in [2.24, 2.45) is 0 Å². The van der Waals surface area contributed by atoms with Gasteiger partial charge in [0.2, 0.25) is 11.8 Å². The number of hydrogen-bond acceptors (Lipinski definition) is 5. The van der Waals surface area contributed by atoms with E-state index in [4.69, 9.17) is 9.47 Å². The Morgan fingerprint density at radius 2 is 1.60 bits per heavy atom. The van der Waals surface area contributed by atoms with E-state index >= 15 is 0 Å². The molecule has 2 amide bonds. The number of hydrogen-bond donors (Lipinski definition) is 2. The maximum absolute atomic E-state index is 12.4. The van der Waals surface area contributed by atoms with Gasteiger partial charge in [-0.2, -0.15) is 0 Å². The number of rotatable bonds is 7. The second kappa shape index (κ2) is 10.1. The zero-order valence-electron chi connectivity index (χ0n) is 17.4. The third-order valence-corrected chi connectivity index (χ3v) is 5.22. The van der Waals surface area contributed by atoms with Crippen molar-refractivity contribution in [2.45, 2.75) is 31.8 Å². The number of anilines is 1. The second-order valence-electron chi connectivity index (χ2n) is 7.40. The monoisotopic (exact) mass is 412 g/mol. The molecule has 1 aliphatic rings. The van der Waals surface area contributed by atoms with Gasteiger partial charge in [-0.3, -0.25) is 9.59 Å². The predicted molar refractivity (Wildman–Crippen MR) is 114 cm³/mol. The average molecular weight is 412 g/mol. The van der Waals surface area contributed by atoms with E-state index in [1.807, 2.05) is 18.2 Å². The van der Waals surface area contributed by atoms with Crippen molar-refractivity contribution in [3.8, 4) is 11.5 Å². The molecule has 2 aromatic carbocycles. The predicted octanol–water partition coefficient (Wildman–Crippen LogP) is 2.41. The summed E-state index contributed by atoms with van der Waals surface area (Å²) in [7, 11) is 3.13. The highest BCUT2D eigenvalue weighted by molar-refractivity contribution is 5.92. The van der Waals surface area contributed by atoms with Crippen molar-refractivity contribution in [1.29, 1.82) is 0 Å². The molecule has 7 nitrogen and oxygen atoms in total. The fraction of sp³-hybridized carbons (Fsp3) is 0.391. The largest absolute Gasteiger partial charge is 0.493 e. The number of methoxy groups -OCH3 is 2. The van der Waals surface area contributed by atoms with Gasteiger partial charge in [0, 0.05) is 18.8 Å². The van der Waals surface area contributed by atoms with Crippen LogP contribution < -0.4 is 14.8 Å². The molecule has 0 saturated carbocycles. The van der Waals surface area contributed by atoms with Crippen LogP contribution in [0.25, 0.3) is 0 Å². The van der Waals surface area contributed by atoms with Crippen LogP contribution in [-0.4, -0.2) is 55.2 Å². The van der Waals surface area contributed by atoms with Crippen molar-refractivity contribution >= 4 is 17.5 Å². The molecule has 0 bridgehead atoms. The normalized spacial score (nSPS) is 14.3. The minimum atomic E-state index is -0.295. The number of carbonyl (C=O) groups excluding carboxylic acids is 2. The van der Waals surface area contributed by atoms with Crippen LogP contribution in [0.5, 0.6) is 11.5 Å². The summed E-state index contributed by atoms with van der Waals surface area (Å²) in [4.78, 5) is 26.6. The summed E-state index contributed by atoms with van der Waals surface area (Å²) < 4.78 is 10.5. The molecule has 30 heavy (non-hydrogen) atoms. The molecule has 1 fully saturated rings. The molecule has 0 spiro atoms. The van der Waals surface area contributed by atoms with Crippen molar-refractivity contribution in [1.82, 2.24) is 4.90 Å². The standard InChI is InChI=1S/C23H28N2O5/c1-29-20-8-5-17(13-21(20)30-2)14-22(27)24-18-6-3-16(4-7-18)15-23(28)25-11-9-19(26)10-12-25/h3-8,13,19,26H,9-12,14-15H2,1-2H3,(H,24,27). The molecule has 1 aliphatic heterocycles. The van der Waals surface area contributed by atoms with Crippen molar-refractivity contribution < 1.29 is 24.2 Å². The van der Waals surface area contributed by atoms with Crippen LogP contribution in [0.15, 0.2) is 42.5 Å². The van der Waals surface area contributed by atoms with Crippen LogP contribution in [-0.2, 0) is 22.4 Å². The van der Waals surface area contributed by atoms with Gasteiger partial charge in [0.1, 0.15) is 0 Å². The summed E-state index contributed by atoms with van der Waals surface area (Å²) in [5.74, 6) is 1.12. The minimum absolute atomic E-state index is 0.0622. The van der Waals surface area contributed by atoms with E-state index in [9.17, 15) is 14.7 Å². The number of benzene rings is 2. The van der Waals surface area contributed by atoms with Gasteiger partial charge in [-0.25, -0.2) is 0 Å². The third kappa shape index (κ3) is 5.73. The first-order valence-electron chi connectivity index (χ1n) is 10.0. The summed E-state index contributed by atoms with van der Waals surface area (Å²) in [6.45, 7) is 1.20. The molecule has 2 aromatic rings. The number of nitrogens with zero attached hydrogens (tertiary/aromatic N) is 1. The maximum atomic E-state index is 12.4. The van der Waals surface area contributed by atoms with Gasteiger partial charge in [0.05, 0.1) is 33.2 Å². The Morgan fingerprint density at radius 1 is 0.967 bits per heavy atom. The summed E-state index contributed by atoms with van der Waals surface area (Å²) >= 11 is 0. The molecule has 160 valence electrons. The Balaban J connectivity index is 1.52. The molecule has 0 radical (unpaired) electrons. The van der Waals surface area contributed by atoms with Gasteiger partial charge in [0.25, 0.3) is 0 Å². The zero-order valence-corrected chi connectivity index (χ0v) is 17.4. The van der Waals surface area contributed by atoms with Crippen LogP contribution in [0.1, 0.15) is 24.0 Å². The van der Waals surface area contributed by atoms with Gasteiger partial charge < -0.3 is 24.8 Å². The third-order valence-electron chi connectivity index (χ3n) is 5.22. The van der Waals surface area contributed by atoms with Crippen molar-refractivity contribution in [3.63, 3.8) is 0 Å². The van der Waals surface area contributed by atoms with E-state index in [0.717, 1.165) is 11.1 Å². The zero-order chi connectivity index (χ0) is 21.5. The highest BCUT2D eigenvalue weighted by Crippen LogP contribution is 2.27. The van der Waals surface area contributed by atoms with Crippen LogP contribution in [0, 0.1) is 0 Å². The van der Waals surface area contributed by atoms with Crippen LogP contribution in [0.4, 0.5) is 5.69 Å². The number of aliphatic hydroxyl groups excluding tert-OH is 1. The number of ether oxygens (including phenoxy) is 2. The van der Waals surface area contributed by atoms with Crippen molar-refractivity contribution in [2.75, 3.05) is 32.6 Å². The highest BCUT2D eigenvalue weighted by Gasteiger charge is 2.21. The Labute approximate surface area is 176 Å². The number of likely N-dealkylation sites (tertiary alicyclic amines) is 1. The Kier molecular flexibility index (Phi) is 7.30. The lowest BCUT2D eigenvalue weighted by atomic mass is 10.1. The molecule has 7 heteroatoms. The molecule has 3 rings (SSSR count). The van der Waals surface area contributed by atoms with Gasteiger partial charge >= 0.3 is 0 Å². The Morgan fingerprint density at radius 3 is 2.23 bits per heavy atom. The summed E-state index contributed by atoms with van der Waals surface area (Å²) in [5, 5.41) is 12.4. The summed E-state index contributed by atoms with van der Waals surface area (Å²) in [5.41, 5.74) is 2.39. The molecule has 1 heterocycles. The Bertz CT molecular complexity index is 874. The molecule has 2 N–H and O–H groups in total. The Hall–Kier alpha value is -3.06. The quantitative estimate of drug-likeness (QED) is 0.729. The fourth-order valence-corrected chi connectivity index (χ4v) is 3.49. The number of aliphatic hydroxyl groups is 1. The minimum Gasteiger partial charge on any atom is -0.493 e.